The maximum atomic E-state index is 12.6. The fraction of sp³-hybridized carbons (Fsp3) is 0.538. The van der Waals surface area contributed by atoms with Crippen molar-refractivity contribution >= 4 is 11.9 Å². The third-order valence-electron chi connectivity index (χ3n) is 3.40. The first-order chi connectivity index (χ1) is 12.1. The van der Waals surface area contributed by atoms with Crippen molar-refractivity contribution in [2.45, 2.75) is 32.9 Å². The number of halogens is 3. The average Bonchev–Trinajstić information content (AvgIpc) is 3.16. The van der Waals surface area contributed by atoms with Gasteiger partial charge in [0.1, 0.15) is 5.82 Å². The Morgan fingerprint density at radius 1 is 1.35 bits per heavy atom. The number of aliphatic carboxylic acids is 1. The molecule has 26 heavy (non-hydrogen) atoms. The maximum Gasteiger partial charge on any atom is 0.451 e. The molecule has 0 spiro atoms. The van der Waals surface area contributed by atoms with Gasteiger partial charge in [-0.25, -0.2) is 4.98 Å². The highest BCUT2D eigenvalue weighted by atomic mass is 19.4. The van der Waals surface area contributed by atoms with E-state index < -0.39 is 35.7 Å². The van der Waals surface area contributed by atoms with Crippen LogP contribution in [-0.2, 0) is 11.0 Å². The Balaban J connectivity index is 2.13. The molecule has 0 saturated heterocycles. The molecule has 0 saturated carbocycles. The van der Waals surface area contributed by atoms with Gasteiger partial charge in [0.2, 0.25) is 11.6 Å². The van der Waals surface area contributed by atoms with Crippen LogP contribution in [0.3, 0.4) is 0 Å². The molecule has 2 aromatic rings. The zero-order valence-corrected chi connectivity index (χ0v) is 13.8. The first-order valence-electron chi connectivity index (χ1n) is 7.58. The number of carboxylic acids is 1. The summed E-state index contributed by atoms with van der Waals surface area (Å²) in [6.07, 6.45) is -3.69. The van der Waals surface area contributed by atoms with Crippen LogP contribution in [0, 0.1) is 12.8 Å². The number of alkyl halides is 3. The van der Waals surface area contributed by atoms with Gasteiger partial charge in [-0.15, -0.1) is 10.2 Å². The molecule has 0 fully saturated rings. The van der Waals surface area contributed by atoms with E-state index in [4.69, 9.17) is 5.11 Å². The molecule has 0 aliphatic heterocycles. The number of rotatable bonds is 7. The Morgan fingerprint density at radius 3 is 2.58 bits per heavy atom. The summed E-state index contributed by atoms with van der Waals surface area (Å²) in [4.78, 5) is 30.2. The van der Waals surface area contributed by atoms with Gasteiger partial charge in [-0.1, -0.05) is 13.3 Å². The molecule has 10 nitrogen and oxygen atoms in total. The van der Waals surface area contributed by atoms with Crippen LogP contribution in [0.4, 0.5) is 13.2 Å². The summed E-state index contributed by atoms with van der Waals surface area (Å²) in [6.45, 7) is 3.11. The molecule has 1 unspecified atom stereocenters. The fourth-order valence-electron chi connectivity index (χ4n) is 2.11. The molecule has 0 bridgehead atoms. The van der Waals surface area contributed by atoms with Crippen molar-refractivity contribution in [1.29, 1.82) is 0 Å². The molecule has 3 N–H and O–H groups in total. The fourth-order valence-corrected chi connectivity index (χ4v) is 2.11. The number of amides is 1. The van der Waals surface area contributed by atoms with Gasteiger partial charge in [0.05, 0.1) is 5.92 Å². The number of carbonyl (C=O) groups is 2. The Hall–Kier alpha value is -2.99. The Bertz CT molecular complexity index is 799. The lowest BCUT2D eigenvalue weighted by atomic mass is 10.0. The van der Waals surface area contributed by atoms with Crippen LogP contribution >= 0.6 is 0 Å². The van der Waals surface area contributed by atoms with E-state index in [2.05, 4.69) is 25.5 Å². The first-order valence-corrected chi connectivity index (χ1v) is 7.58. The standard InChI is InChI=1S/C13H16F3N7O3/c1-3-4-7(10(25)26)5-17-9(24)8-18-6(2)23(22-8)12-19-11(20-21-12)13(14,15)16/h7H,3-5H2,1-2H3,(H,17,24)(H,25,26)(H,19,20,21). The molecule has 0 aliphatic carbocycles. The van der Waals surface area contributed by atoms with Crippen molar-refractivity contribution in [1.82, 2.24) is 35.3 Å². The number of aromatic amines is 1. The van der Waals surface area contributed by atoms with E-state index in [9.17, 15) is 22.8 Å². The van der Waals surface area contributed by atoms with E-state index in [1.54, 1.807) is 5.10 Å². The van der Waals surface area contributed by atoms with Crippen LogP contribution < -0.4 is 5.32 Å². The van der Waals surface area contributed by atoms with E-state index in [0.29, 0.717) is 12.8 Å². The second-order valence-electron chi connectivity index (χ2n) is 5.41. The number of hydrogen-bond donors (Lipinski definition) is 3. The Labute approximate surface area is 144 Å². The predicted octanol–water partition coefficient (Wildman–Crippen LogP) is 0.943. The molecule has 0 radical (unpaired) electrons. The third kappa shape index (κ3) is 4.34. The van der Waals surface area contributed by atoms with Crippen LogP contribution in [0.1, 0.15) is 42.0 Å². The number of hydrogen-bond acceptors (Lipinski definition) is 6. The minimum absolute atomic E-state index is 0.0891. The summed E-state index contributed by atoms with van der Waals surface area (Å²) in [6, 6.07) is 0. The molecule has 1 amide bonds. The SMILES string of the molecule is CCCC(CNC(=O)c1nc(C)n(-c2n[nH]c(C(F)(F)F)n2)n1)C(=O)O. The first kappa shape index (κ1) is 19.3. The second kappa shape index (κ2) is 7.49. The van der Waals surface area contributed by atoms with Crippen LogP contribution in [-0.4, -0.2) is 53.5 Å². The normalized spacial score (nSPS) is 12.8. The van der Waals surface area contributed by atoms with Crippen molar-refractivity contribution < 1.29 is 27.9 Å². The second-order valence-corrected chi connectivity index (χ2v) is 5.41. The van der Waals surface area contributed by atoms with Gasteiger partial charge in [0, 0.05) is 6.54 Å². The van der Waals surface area contributed by atoms with Gasteiger partial charge in [-0.05, 0) is 13.3 Å². The molecule has 2 rings (SSSR count). The number of aryl methyl sites for hydroxylation is 1. The highest BCUT2D eigenvalue weighted by Gasteiger charge is 2.35. The van der Waals surface area contributed by atoms with Gasteiger partial charge in [-0.2, -0.15) is 22.8 Å². The van der Waals surface area contributed by atoms with Crippen LogP contribution in [0.2, 0.25) is 0 Å². The lowest BCUT2D eigenvalue weighted by Crippen LogP contribution is -2.33. The maximum absolute atomic E-state index is 12.6. The molecule has 13 heteroatoms. The van der Waals surface area contributed by atoms with Crippen molar-refractivity contribution in [3.8, 4) is 5.95 Å². The minimum atomic E-state index is -4.70. The van der Waals surface area contributed by atoms with Gasteiger partial charge in [-0.3, -0.25) is 14.7 Å². The molecule has 2 heterocycles. The molecule has 1 atom stereocenters. The molecule has 142 valence electrons. The number of nitrogens with zero attached hydrogens (tertiary/aromatic N) is 5. The summed E-state index contributed by atoms with van der Waals surface area (Å²) < 4.78 is 38.6. The van der Waals surface area contributed by atoms with Gasteiger partial charge in [0.15, 0.2) is 0 Å². The van der Waals surface area contributed by atoms with Gasteiger partial charge >= 0.3 is 12.1 Å². The lowest BCUT2D eigenvalue weighted by Gasteiger charge is -2.11. The van der Waals surface area contributed by atoms with Gasteiger partial charge < -0.3 is 10.4 Å². The monoisotopic (exact) mass is 375 g/mol. The highest BCUT2D eigenvalue weighted by molar-refractivity contribution is 5.90. The highest BCUT2D eigenvalue weighted by Crippen LogP contribution is 2.26. The Morgan fingerprint density at radius 2 is 2.04 bits per heavy atom. The zero-order chi connectivity index (χ0) is 19.5. The van der Waals surface area contributed by atoms with E-state index in [1.807, 2.05) is 6.92 Å². The van der Waals surface area contributed by atoms with Crippen molar-refractivity contribution in [2.24, 2.45) is 5.92 Å². The summed E-state index contributed by atoms with van der Waals surface area (Å²) >= 11 is 0. The average molecular weight is 375 g/mol. The topological polar surface area (TPSA) is 139 Å². The lowest BCUT2D eigenvalue weighted by molar-refractivity contribution is -0.144. The number of carboxylic acid groups (broad SMARTS) is 1. The summed E-state index contributed by atoms with van der Waals surface area (Å²) in [5.41, 5.74) is 0. The van der Waals surface area contributed by atoms with Crippen molar-refractivity contribution in [2.75, 3.05) is 6.54 Å². The van der Waals surface area contributed by atoms with Crippen LogP contribution in [0.5, 0.6) is 0 Å². The number of carbonyl (C=O) groups excluding carboxylic acids is 1. The van der Waals surface area contributed by atoms with E-state index in [-0.39, 0.29) is 18.2 Å². The van der Waals surface area contributed by atoms with E-state index in [0.717, 1.165) is 4.68 Å². The molecule has 0 aromatic carbocycles. The van der Waals surface area contributed by atoms with E-state index >= 15 is 0 Å². The Kier molecular flexibility index (Phi) is 5.57. The van der Waals surface area contributed by atoms with Gasteiger partial charge in [0.25, 0.3) is 11.9 Å². The van der Waals surface area contributed by atoms with Crippen molar-refractivity contribution in [3.05, 3.63) is 17.5 Å². The quantitative estimate of drug-likeness (QED) is 0.654. The number of aromatic nitrogens is 6. The molecular weight excluding hydrogens is 359 g/mol. The van der Waals surface area contributed by atoms with E-state index in [1.165, 1.54) is 6.92 Å². The molecule has 2 aromatic heterocycles. The summed E-state index contributed by atoms with van der Waals surface area (Å²) in [5.74, 6) is -4.52. The summed E-state index contributed by atoms with van der Waals surface area (Å²) in [5, 5.41) is 20.4. The minimum Gasteiger partial charge on any atom is -0.481 e. The largest absolute Gasteiger partial charge is 0.481 e. The zero-order valence-electron chi connectivity index (χ0n) is 13.8. The van der Waals surface area contributed by atoms with Crippen LogP contribution in [0.15, 0.2) is 0 Å². The number of nitrogens with one attached hydrogen (secondary N) is 2. The predicted molar refractivity (Wildman–Crippen MR) is 79.4 cm³/mol. The third-order valence-corrected chi connectivity index (χ3v) is 3.40. The van der Waals surface area contributed by atoms with Crippen LogP contribution in [0.25, 0.3) is 5.95 Å². The molecular formula is C13H16F3N7O3. The number of H-pyrrole nitrogens is 1. The molecule has 0 aliphatic rings. The smallest absolute Gasteiger partial charge is 0.451 e. The van der Waals surface area contributed by atoms with Crippen molar-refractivity contribution in [3.63, 3.8) is 0 Å². The summed E-state index contributed by atoms with van der Waals surface area (Å²) in [7, 11) is 0.